The first-order valence-corrected chi connectivity index (χ1v) is 5.27. The zero-order valence-electron chi connectivity index (χ0n) is 10.2. The summed E-state index contributed by atoms with van der Waals surface area (Å²) < 4.78 is 47.0. The average Bonchev–Trinajstić information content (AvgIpc) is 2.36. The van der Waals surface area contributed by atoms with Crippen LogP contribution in [-0.2, 0) is 15.7 Å². The zero-order chi connectivity index (χ0) is 14.6. The Bertz CT molecular complexity index is 494. The summed E-state index contributed by atoms with van der Waals surface area (Å²) >= 11 is 0. The molecule has 0 radical (unpaired) electrons. The lowest BCUT2D eigenvalue weighted by Crippen LogP contribution is -2.18. The second-order valence-corrected chi connectivity index (χ2v) is 3.50. The van der Waals surface area contributed by atoms with E-state index in [1.165, 1.54) is 6.92 Å². The molecule has 0 saturated heterocycles. The molecule has 0 N–H and O–H groups in total. The van der Waals surface area contributed by atoms with Gasteiger partial charge >= 0.3 is 12.1 Å². The lowest BCUT2D eigenvalue weighted by atomic mass is 10.1. The molecular weight excluding hydrogens is 265 g/mol. The van der Waals surface area contributed by atoms with E-state index >= 15 is 0 Å². The van der Waals surface area contributed by atoms with Crippen molar-refractivity contribution in [1.82, 2.24) is 0 Å². The van der Waals surface area contributed by atoms with Crippen molar-refractivity contribution in [2.45, 2.75) is 13.1 Å². The summed E-state index contributed by atoms with van der Waals surface area (Å²) in [6, 6.07) is 2.37. The molecule has 0 saturated carbocycles. The molecule has 1 rings (SSSR count). The van der Waals surface area contributed by atoms with Gasteiger partial charge in [-0.1, -0.05) is 0 Å². The number of methoxy groups -OCH3 is 1. The highest BCUT2D eigenvalue weighted by Crippen LogP contribution is 2.32. The van der Waals surface area contributed by atoms with Gasteiger partial charge in [-0.2, -0.15) is 13.2 Å². The third-order valence-electron chi connectivity index (χ3n) is 2.19. The Balaban J connectivity index is 3.21. The number of carbonyl (C=O) groups is 2. The molecule has 0 aliphatic rings. The third kappa shape index (κ3) is 3.70. The summed E-state index contributed by atoms with van der Waals surface area (Å²) in [6.07, 6.45) is -4.64. The molecular formula is C12H11F3O4. The predicted octanol–water partition coefficient (Wildman–Crippen LogP) is 2.46. The highest BCUT2D eigenvalue weighted by atomic mass is 19.4. The Morgan fingerprint density at radius 2 is 1.84 bits per heavy atom. The van der Waals surface area contributed by atoms with Crippen LogP contribution < -0.4 is 4.74 Å². The van der Waals surface area contributed by atoms with Gasteiger partial charge in [0.25, 0.3) is 5.78 Å². The van der Waals surface area contributed by atoms with Crippen LogP contribution in [0, 0.1) is 0 Å². The van der Waals surface area contributed by atoms with Crippen LogP contribution in [-0.4, -0.2) is 25.5 Å². The Morgan fingerprint density at radius 3 is 2.32 bits per heavy atom. The molecule has 0 aliphatic heterocycles. The Kier molecular flexibility index (Phi) is 4.52. The molecule has 0 aliphatic carbocycles. The van der Waals surface area contributed by atoms with Crippen LogP contribution in [0.2, 0.25) is 0 Å². The van der Waals surface area contributed by atoms with Gasteiger partial charge in [-0.05, 0) is 25.1 Å². The van der Waals surface area contributed by atoms with Crippen LogP contribution in [0.25, 0.3) is 0 Å². The van der Waals surface area contributed by atoms with Gasteiger partial charge in [0.05, 0.1) is 19.3 Å². The number of halogens is 3. The lowest BCUT2D eigenvalue weighted by molar-refractivity contribution is -0.139. The predicted molar refractivity (Wildman–Crippen MR) is 59.0 cm³/mol. The summed E-state index contributed by atoms with van der Waals surface area (Å²) in [6.45, 7) is 1.44. The summed E-state index contributed by atoms with van der Waals surface area (Å²) in [4.78, 5) is 22.8. The largest absolute Gasteiger partial charge is 0.497 e. The van der Waals surface area contributed by atoms with Gasteiger partial charge in [-0.25, -0.2) is 4.79 Å². The summed E-state index contributed by atoms with van der Waals surface area (Å²) in [5.74, 6) is -2.52. The van der Waals surface area contributed by atoms with E-state index in [1.807, 2.05) is 0 Å². The Hall–Kier alpha value is -2.05. The topological polar surface area (TPSA) is 52.6 Å². The molecule has 0 heterocycles. The zero-order valence-corrected chi connectivity index (χ0v) is 10.2. The number of hydrogen-bond acceptors (Lipinski definition) is 4. The first-order valence-electron chi connectivity index (χ1n) is 5.27. The standard InChI is InChI=1S/C12H11F3O4/c1-3-19-11(17)10(16)7-4-8(12(13,14)15)6-9(5-7)18-2/h4-6H,3H2,1-2H3. The van der Waals surface area contributed by atoms with E-state index in [1.54, 1.807) is 0 Å². The minimum atomic E-state index is -4.64. The maximum absolute atomic E-state index is 12.6. The second kappa shape index (κ2) is 5.73. The van der Waals surface area contributed by atoms with E-state index in [9.17, 15) is 22.8 Å². The van der Waals surface area contributed by atoms with Crippen LogP contribution in [0.1, 0.15) is 22.8 Å². The van der Waals surface area contributed by atoms with E-state index in [0.29, 0.717) is 6.07 Å². The summed E-state index contributed by atoms with van der Waals surface area (Å²) in [5, 5.41) is 0. The van der Waals surface area contributed by atoms with Crippen molar-refractivity contribution >= 4 is 11.8 Å². The van der Waals surface area contributed by atoms with Crippen LogP contribution in [0.15, 0.2) is 18.2 Å². The number of rotatable bonds is 4. The third-order valence-corrected chi connectivity index (χ3v) is 2.19. The quantitative estimate of drug-likeness (QED) is 0.481. The van der Waals surface area contributed by atoms with Crippen LogP contribution in [0.5, 0.6) is 5.75 Å². The van der Waals surface area contributed by atoms with Crippen molar-refractivity contribution in [3.05, 3.63) is 29.3 Å². The van der Waals surface area contributed by atoms with Gasteiger partial charge in [0.2, 0.25) is 0 Å². The number of benzene rings is 1. The fourth-order valence-corrected chi connectivity index (χ4v) is 1.33. The van der Waals surface area contributed by atoms with E-state index in [2.05, 4.69) is 9.47 Å². The molecule has 1 aromatic carbocycles. The maximum atomic E-state index is 12.6. The summed E-state index contributed by atoms with van der Waals surface area (Å²) in [5.41, 5.74) is -1.50. The average molecular weight is 276 g/mol. The molecule has 0 atom stereocenters. The number of alkyl halides is 3. The molecule has 0 fully saturated rings. The summed E-state index contributed by atoms with van der Waals surface area (Å²) in [7, 11) is 1.16. The van der Waals surface area contributed by atoms with E-state index in [4.69, 9.17) is 0 Å². The molecule has 1 aromatic rings. The first-order chi connectivity index (χ1) is 8.79. The smallest absolute Gasteiger partial charge is 0.416 e. The number of ketones is 1. The van der Waals surface area contributed by atoms with Crippen LogP contribution in [0.3, 0.4) is 0 Å². The van der Waals surface area contributed by atoms with Gasteiger partial charge in [0.15, 0.2) is 0 Å². The van der Waals surface area contributed by atoms with E-state index < -0.39 is 29.1 Å². The highest BCUT2D eigenvalue weighted by Gasteiger charge is 2.32. The van der Waals surface area contributed by atoms with Gasteiger partial charge in [-0.3, -0.25) is 4.79 Å². The van der Waals surface area contributed by atoms with Crippen molar-refractivity contribution < 1.29 is 32.2 Å². The lowest BCUT2D eigenvalue weighted by Gasteiger charge is -2.10. The van der Waals surface area contributed by atoms with E-state index in [-0.39, 0.29) is 12.4 Å². The molecule has 19 heavy (non-hydrogen) atoms. The molecule has 0 amide bonds. The second-order valence-electron chi connectivity index (χ2n) is 3.50. The molecule has 0 unspecified atom stereocenters. The van der Waals surface area contributed by atoms with Crippen molar-refractivity contribution in [2.24, 2.45) is 0 Å². The number of Topliss-reactive ketones (excluding diaryl/α,β-unsaturated/α-hetero) is 1. The van der Waals surface area contributed by atoms with Crippen molar-refractivity contribution in [3.63, 3.8) is 0 Å². The van der Waals surface area contributed by atoms with Crippen molar-refractivity contribution in [3.8, 4) is 5.75 Å². The van der Waals surface area contributed by atoms with Gasteiger partial charge in [-0.15, -0.1) is 0 Å². The SMILES string of the molecule is CCOC(=O)C(=O)c1cc(OC)cc(C(F)(F)F)c1. The van der Waals surface area contributed by atoms with Gasteiger partial charge < -0.3 is 9.47 Å². The molecule has 0 bridgehead atoms. The number of esters is 1. The number of carbonyl (C=O) groups excluding carboxylic acids is 2. The molecule has 0 spiro atoms. The molecule has 104 valence electrons. The number of ether oxygens (including phenoxy) is 2. The monoisotopic (exact) mass is 276 g/mol. The minimum absolute atomic E-state index is 0.0410. The van der Waals surface area contributed by atoms with Crippen molar-refractivity contribution in [1.29, 1.82) is 0 Å². The van der Waals surface area contributed by atoms with Crippen LogP contribution in [0.4, 0.5) is 13.2 Å². The van der Waals surface area contributed by atoms with E-state index in [0.717, 1.165) is 19.2 Å². The van der Waals surface area contributed by atoms with Gasteiger partial charge in [0, 0.05) is 5.56 Å². The molecule has 7 heteroatoms. The van der Waals surface area contributed by atoms with Gasteiger partial charge in [0.1, 0.15) is 5.75 Å². The Morgan fingerprint density at radius 1 is 1.21 bits per heavy atom. The normalized spacial score (nSPS) is 11.0. The highest BCUT2D eigenvalue weighted by molar-refractivity contribution is 6.40. The first kappa shape index (κ1) is 15.0. The van der Waals surface area contributed by atoms with Crippen molar-refractivity contribution in [2.75, 3.05) is 13.7 Å². The Labute approximate surface area is 107 Å². The fourth-order valence-electron chi connectivity index (χ4n) is 1.33. The number of hydrogen-bond donors (Lipinski definition) is 0. The molecule has 0 aromatic heterocycles. The fraction of sp³-hybridized carbons (Fsp3) is 0.333. The van der Waals surface area contributed by atoms with Crippen LogP contribution >= 0.6 is 0 Å². The maximum Gasteiger partial charge on any atom is 0.416 e. The minimum Gasteiger partial charge on any atom is -0.497 e. The molecule has 4 nitrogen and oxygen atoms in total.